The predicted molar refractivity (Wildman–Crippen MR) is 98.8 cm³/mol. The van der Waals surface area contributed by atoms with Crippen LogP contribution in [0.4, 0.5) is 0 Å². The first-order chi connectivity index (χ1) is 9.52. The molecule has 0 aromatic heterocycles. The molecule has 21 heavy (non-hydrogen) atoms. The fourth-order valence-electron chi connectivity index (χ4n) is 1.07. The van der Waals surface area contributed by atoms with Crippen LogP contribution in [0, 0.1) is 13.8 Å². The Bertz CT molecular complexity index is 343. The number of aryl methyl sites for hydroxylation is 2. The highest BCUT2D eigenvalue weighted by Gasteiger charge is 1.72. The molecule has 2 heteroatoms. The first kappa shape index (κ1) is 24.4. The maximum Gasteiger partial charge on any atom is -0.0140 e. The SMILES string of the molecule is C.CN.CN(C)C.Cc1ccccc1.Cc1ccccc1. The molecule has 2 aromatic carbocycles. The van der Waals surface area contributed by atoms with Crippen molar-refractivity contribution in [2.75, 3.05) is 28.2 Å². The Morgan fingerprint density at radius 2 is 0.810 bits per heavy atom. The number of nitrogens with two attached hydrogens (primary N) is 1. The van der Waals surface area contributed by atoms with Crippen molar-refractivity contribution in [1.82, 2.24) is 4.90 Å². The molecule has 0 unspecified atom stereocenters. The molecule has 0 heterocycles. The van der Waals surface area contributed by atoms with Gasteiger partial charge in [0.05, 0.1) is 0 Å². The third-order valence-electron chi connectivity index (χ3n) is 1.88. The highest BCUT2D eigenvalue weighted by atomic mass is 15.0. The summed E-state index contributed by atoms with van der Waals surface area (Å²) in [5, 5.41) is 0. The number of rotatable bonds is 0. The molecule has 0 aliphatic carbocycles. The van der Waals surface area contributed by atoms with Crippen LogP contribution in [-0.2, 0) is 0 Å². The molecule has 120 valence electrons. The predicted octanol–water partition coefficient (Wildman–Crippen LogP) is 4.38. The minimum atomic E-state index is 0. The summed E-state index contributed by atoms with van der Waals surface area (Å²) >= 11 is 0. The van der Waals surface area contributed by atoms with Crippen LogP contribution in [0.3, 0.4) is 0 Å². The van der Waals surface area contributed by atoms with Crippen molar-refractivity contribution in [3.63, 3.8) is 0 Å². The monoisotopic (exact) mass is 290 g/mol. The lowest BCUT2D eigenvalue weighted by molar-refractivity contribution is 0.505. The normalized spacial score (nSPS) is 7.81. The molecule has 0 radical (unpaired) electrons. The van der Waals surface area contributed by atoms with Gasteiger partial charge in [0.1, 0.15) is 0 Å². The Labute approximate surface area is 132 Å². The smallest absolute Gasteiger partial charge is 0.0140 e. The first-order valence-electron chi connectivity index (χ1n) is 6.74. The van der Waals surface area contributed by atoms with Crippen molar-refractivity contribution in [1.29, 1.82) is 0 Å². The van der Waals surface area contributed by atoms with Crippen LogP contribution >= 0.6 is 0 Å². The summed E-state index contributed by atoms with van der Waals surface area (Å²) in [5.41, 5.74) is 7.14. The van der Waals surface area contributed by atoms with E-state index in [1.54, 1.807) is 0 Å². The van der Waals surface area contributed by atoms with E-state index in [0.717, 1.165) is 0 Å². The summed E-state index contributed by atoms with van der Waals surface area (Å²) in [7, 11) is 7.50. The van der Waals surface area contributed by atoms with E-state index in [9.17, 15) is 0 Å². The lowest BCUT2D eigenvalue weighted by Gasteiger charge is -1.90. The summed E-state index contributed by atoms with van der Waals surface area (Å²) in [6, 6.07) is 20.5. The minimum Gasteiger partial charge on any atom is -0.333 e. The van der Waals surface area contributed by atoms with Gasteiger partial charge in [-0.05, 0) is 42.0 Å². The molecule has 0 spiro atoms. The molecule has 0 saturated carbocycles. The highest BCUT2D eigenvalue weighted by Crippen LogP contribution is 1.92. The largest absolute Gasteiger partial charge is 0.333 e. The number of nitrogens with zero attached hydrogens (tertiary/aromatic N) is 1. The lowest BCUT2D eigenvalue weighted by Crippen LogP contribution is -1.99. The van der Waals surface area contributed by atoms with Crippen LogP contribution in [-0.4, -0.2) is 33.1 Å². The molecule has 2 rings (SSSR count). The second-order valence-electron chi connectivity index (χ2n) is 4.65. The minimum absolute atomic E-state index is 0. The third-order valence-corrected chi connectivity index (χ3v) is 1.88. The maximum absolute atomic E-state index is 4.50. The number of hydrogen-bond donors (Lipinski definition) is 1. The van der Waals surface area contributed by atoms with Crippen LogP contribution in [0.25, 0.3) is 0 Å². The van der Waals surface area contributed by atoms with Crippen molar-refractivity contribution in [3.05, 3.63) is 71.8 Å². The van der Waals surface area contributed by atoms with Gasteiger partial charge in [0, 0.05) is 0 Å². The first-order valence-corrected chi connectivity index (χ1v) is 6.74. The molecule has 0 amide bonds. The molecule has 0 aliphatic heterocycles. The third kappa shape index (κ3) is 23.8. The molecule has 0 saturated heterocycles. The maximum atomic E-state index is 4.50. The van der Waals surface area contributed by atoms with Gasteiger partial charge in [0.25, 0.3) is 0 Å². The Hall–Kier alpha value is -1.64. The van der Waals surface area contributed by atoms with E-state index in [2.05, 4.69) is 43.8 Å². The molecule has 2 N–H and O–H groups in total. The fraction of sp³-hybridized carbons (Fsp3) is 0.368. The zero-order valence-corrected chi connectivity index (χ0v) is 13.8. The van der Waals surface area contributed by atoms with Gasteiger partial charge in [0.2, 0.25) is 0 Å². The van der Waals surface area contributed by atoms with Gasteiger partial charge >= 0.3 is 0 Å². The quantitative estimate of drug-likeness (QED) is 0.780. The average molecular weight is 290 g/mol. The summed E-state index contributed by atoms with van der Waals surface area (Å²) in [6.45, 7) is 4.17. The van der Waals surface area contributed by atoms with Crippen LogP contribution in [0.15, 0.2) is 60.7 Å². The standard InChI is InChI=1S/2C7H8.C3H9N.CH5N.CH4/c2*1-7-5-3-2-4-6-7;1-4(2)3;1-2;/h2*2-6H,1H3;1-3H3;2H2,1H3;1H4. The van der Waals surface area contributed by atoms with Crippen LogP contribution < -0.4 is 5.73 Å². The zero-order valence-electron chi connectivity index (χ0n) is 13.8. The Morgan fingerprint density at radius 3 is 0.905 bits per heavy atom. The van der Waals surface area contributed by atoms with E-state index < -0.39 is 0 Å². The van der Waals surface area contributed by atoms with Gasteiger partial charge in [-0.25, -0.2) is 0 Å². The van der Waals surface area contributed by atoms with Crippen LogP contribution in [0.2, 0.25) is 0 Å². The molecule has 0 aliphatic rings. The topological polar surface area (TPSA) is 29.3 Å². The Kier molecular flexibility index (Phi) is 21.3. The second kappa shape index (κ2) is 18.4. The molecular weight excluding hydrogens is 256 g/mol. The molecule has 2 aromatic rings. The van der Waals surface area contributed by atoms with E-state index >= 15 is 0 Å². The zero-order chi connectivity index (χ0) is 15.8. The summed E-state index contributed by atoms with van der Waals surface area (Å²) in [4.78, 5) is 2.00. The lowest BCUT2D eigenvalue weighted by atomic mass is 10.2. The van der Waals surface area contributed by atoms with E-state index in [0.29, 0.717) is 0 Å². The Balaban J connectivity index is -0.000000221. The highest BCUT2D eigenvalue weighted by molar-refractivity contribution is 5.12. The van der Waals surface area contributed by atoms with Gasteiger partial charge in [-0.15, -0.1) is 0 Å². The van der Waals surface area contributed by atoms with E-state index in [4.69, 9.17) is 0 Å². The average Bonchev–Trinajstić information content (AvgIpc) is 2.43. The molecule has 0 atom stereocenters. The summed E-state index contributed by atoms with van der Waals surface area (Å²) in [5.74, 6) is 0. The fourth-order valence-corrected chi connectivity index (χ4v) is 1.07. The number of hydrogen-bond acceptors (Lipinski definition) is 2. The van der Waals surface area contributed by atoms with Crippen molar-refractivity contribution >= 4 is 0 Å². The molecule has 2 nitrogen and oxygen atoms in total. The van der Waals surface area contributed by atoms with Crippen molar-refractivity contribution in [2.24, 2.45) is 5.73 Å². The Morgan fingerprint density at radius 1 is 0.619 bits per heavy atom. The van der Waals surface area contributed by atoms with Crippen molar-refractivity contribution in [3.8, 4) is 0 Å². The second-order valence-corrected chi connectivity index (χ2v) is 4.65. The van der Waals surface area contributed by atoms with E-state index in [-0.39, 0.29) is 7.43 Å². The van der Waals surface area contributed by atoms with Crippen molar-refractivity contribution in [2.45, 2.75) is 21.3 Å². The molecule has 0 bridgehead atoms. The van der Waals surface area contributed by atoms with E-state index in [1.165, 1.54) is 18.2 Å². The summed E-state index contributed by atoms with van der Waals surface area (Å²) in [6.07, 6.45) is 0. The van der Waals surface area contributed by atoms with E-state index in [1.807, 2.05) is 62.4 Å². The van der Waals surface area contributed by atoms with Gasteiger partial charge in [-0.3, -0.25) is 0 Å². The van der Waals surface area contributed by atoms with Crippen LogP contribution in [0.1, 0.15) is 18.6 Å². The number of benzene rings is 2. The van der Waals surface area contributed by atoms with Gasteiger partial charge in [-0.2, -0.15) is 0 Å². The summed E-state index contributed by atoms with van der Waals surface area (Å²) < 4.78 is 0. The van der Waals surface area contributed by atoms with Gasteiger partial charge in [-0.1, -0.05) is 79.2 Å². The van der Waals surface area contributed by atoms with Crippen LogP contribution in [0.5, 0.6) is 0 Å². The van der Waals surface area contributed by atoms with Crippen molar-refractivity contribution < 1.29 is 0 Å². The molecular formula is C19H34N2. The van der Waals surface area contributed by atoms with Gasteiger partial charge in [0.15, 0.2) is 0 Å². The molecule has 0 fully saturated rings. The van der Waals surface area contributed by atoms with Gasteiger partial charge < -0.3 is 10.6 Å².